The molecule has 0 saturated heterocycles. The molecule has 0 unspecified atom stereocenters. The molecule has 0 bridgehead atoms. The van der Waals surface area contributed by atoms with Crippen molar-refractivity contribution >= 4 is 11.6 Å². The molecule has 0 radical (unpaired) electrons. The highest BCUT2D eigenvalue weighted by Crippen LogP contribution is 2.09. The van der Waals surface area contributed by atoms with Crippen LogP contribution in [0.15, 0.2) is 10.9 Å². The largest absolute Gasteiger partial charge is 0.353 e. The second-order valence-corrected chi connectivity index (χ2v) is 3.90. The summed E-state index contributed by atoms with van der Waals surface area (Å²) in [6, 6.07) is 2.03. The number of anilines is 1. The van der Waals surface area contributed by atoms with Gasteiger partial charge in [-0.1, -0.05) is 6.92 Å². The Labute approximate surface area is 92.7 Å². The van der Waals surface area contributed by atoms with Gasteiger partial charge in [0, 0.05) is 17.8 Å². The van der Waals surface area contributed by atoms with Crippen LogP contribution in [0, 0.1) is 6.92 Å². The Kier molecular flexibility index (Phi) is 2.64. The van der Waals surface area contributed by atoms with E-state index in [4.69, 9.17) is 0 Å². The summed E-state index contributed by atoms with van der Waals surface area (Å²) in [5.74, 6) is 0.545. The van der Waals surface area contributed by atoms with Gasteiger partial charge >= 0.3 is 5.69 Å². The number of hydrogen-bond acceptors (Lipinski definition) is 4. The Bertz CT molecular complexity index is 556. The lowest BCUT2D eigenvalue weighted by Gasteiger charge is -2.13. The van der Waals surface area contributed by atoms with Crippen molar-refractivity contribution in [2.75, 3.05) is 5.32 Å². The number of aromatic nitrogens is 4. The average Bonchev–Trinajstić information content (AvgIpc) is 2.60. The summed E-state index contributed by atoms with van der Waals surface area (Å²) in [6.07, 6.45) is 0.962. The predicted molar refractivity (Wildman–Crippen MR) is 61.7 cm³/mol. The van der Waals surface area contributed by atoms with Gasteiger partial charge < -0.3 is 5.32 Å². The number of aryl methyl sites for hydroxylation is 1. The Morgan fingerprint density at radius 1 is 1.62 bits per heavy atom. The minimum Gasteiger partial charge on any atom is -0.353 e. The van der Waals surface area contributed by atoms with Gasteiger partial charge in [-0.2, -0.15) is 5.10 Å². The second kappa shape index (κ2) is 3.96. The molecule has 0 aliphatic rings. The maximum atomic E-state index is 11.5. The molecule has 16 heavy (non-hydrogen) atoms. The summed E-state index contributed by atoms with van der Waals surface area (Å²) in [5, 5.41) is 9.53. The monoisotopic (exact) mass is 221 g/mol. The van der Waals surface area contributed by atoms with E-state index in [0.717, 1.165) is 12.1 Å². The fourth-order valence-corrected chi connectivity index (χ4v) is 1.47. The molecular weight excluding hydrogens is 206 g/mol. The molecule has 2 heterocycles. The van der Waals surface area contributed by atoms with Crippen molar-refractivity contribution in [3.63, 3.8) is 0 Å². The molecule has 1 atom stereocenters. The highest BCUT2D eigenvalue weighted by Gasteiger charge is 2.09. The minimum atomic E-state index is -0.270. The first-order valence-electron chi connectivity index (χ1n) is 5.33. The van der Waals surface area contributed by atoms with E-state index in [0.29, 0.717) is 11.6 Å². The first kappa shape index (κ1) is 10.7. The molecule has 0 saturated carbocycles. The SMILES string of the molecule is CC[C@H](C)Nc1nc(C)cc2n[nH]c(=O)n12. The van der Waals surface area contributed by atoms with E-state index < -0.39 is 0 Å². The topological polar surface area (TPSA) is 75.1 Å². The van der Waals surface area contributed by atoms with Crippen LogP contribution in [0.1, 0.15) is 26.0 Å². The van der Waals surface area contributed by atoms with Gasteiger partial charge in [-0.15, -0.1) is 0 Å². The minimum absolute atomic E-state index is 0.263. The van der Waals surface area contributed by atoms with Crippen LogP contribution in [-0.4, -0.2) is 25.6 Å². The van der Waals surface area contributed by atoms with Crippen molar-refractivity contribution in [2.24, 2.45) is 0 Å². The fourth-order valence-electron chi connectivity index (χ4n) is 1.47. The molecule has 86 valence electrons. The zero-order chi connectivity index (χ0) is 11.7. The summed E-state index contributed by atoms with van der Waals surface area (Å²) in [6.45, 7) is 5.99. The lowest BCUT2D eigenvalue weighted by molar-refractivity contribution is 0.746. The van der Waals surface area contributed by atoms with Gasteiger partial charge in [-0.3, -0.25) is 0 Å². The Hall–Kier alpha value is -1.85. The quantitative estimate of drug-likeness (QED) is 0.808. The van der Waals surface area contributed by atoms with E-state index in [1.54, 1.807) is 6.07 Å². The normalized spacial score (nSPS) is 12.9. The molecule has 0 fully saturated rings. The molecule has 2 rings (SSSR count). The number of rotatable bonds is 3. The van der Waals surface area contributed by atoms with Gasteiger partial charge in [-0.05, 0) is 20.3 Å². The number of fused-ring (bicyclic) bond motifs is 1. The highest BCUT2D eigenvalue weighted by atomic mass is 16.1. The van der Waals surface area contributed by atoms with E-state index in [1.807, 2.05) is 13.8 Å². The summed E-state index contributed by atoms with van der Waals surface area (Å²) >= 11 is 0. The van der Waals surface area contributed by atoms with Crippen LogP contribution < -0.4 is 11.0 Å². The molecule has 0 aliphatic heterocycles. The van der Waals surface area contributed by atoms with Crippen molar-refractivity contribution in [2.45, 2.75) is 33.2 Å². The van der Waals surface area contributed by atoms with E-state index in [-0.39, 0.29) is 11.7 Å². The molecule has 6 heteroatoms. The number of H-pyrrole nitrogens is 1. The van der Waals surface area contributed by atoms with Crippen LogP contribution in [0.4, 0.5) is 5.95 Å². The third kappa shape index (κ3) is 1.78. The Morgan fingerprint density at radius 2 is 2.38 bits per heavy atom. The van der Waals surface area contributed by atoms with Gasteiger partial charge in [0.05, 0.1) is 0 Å². The van der Waals surface area contributed by atoms with E-state index in [1.165, 1.54) is 4.40 Å². The van der Waals surface area contributed by atoms with Gasteiger partial charge in [-0.25, -0.2) is 19.3 Å². The zero-order valence-corrected chi connectivity index (χ0v) is 9.61. The van der Waals surface area contributed by atoms with E-state index in [2.05, 4.69) is 27.4 Å². The summed E-state index contributed by atoms with van der Waals surface area (Å²) in [4.78, 5) is 15.9. The van der Waals surface area contributed by atoms with Gasteiger partial charge in [0.1, 0.15) is 0 Å². The standard InChI is InChI=1S/C10H15N5O/c1-4-6(2)11-9-12-7(3)5-8-13-14-10(16)15(8)9/h5-6H,4H2,1-3H3,(H,11,12)(H,14,16)/t6-/m0/s1. The summed E-state index contributed by atoms with van der Waals surface area (Å²) in [7, 11) is 0. The zero-order valence-electron chi connectivity index (χ0n) is 9.61. The van der Waals surface area contributed by atoms with Crippen LogP contribution in [0.2, 0.25) is 0 Å². The van der Waals surface area contributed by atoms with Crippen molar-refractivity contribution in [3.05, 3.63) is 22.2 Å². The summed E-state index contributed by atoms with van der Waals surface area (Å²) in [5.41, 5.74) is 1.15. The van der Waals surface area contributed by atoms with Crippen molar-refractivity contribution in [1.82, 2.24) is 19.6 Å². The van der Waals surface area contributed by atoms with Crippen LogP contribution >= 0.6 is 0 Å². The van der Waals surface area contributed by atoms with Gasteiger partial charge in [0.15, 0.2) is 5.65 Å². The third-order valence-corrected chi connectivity index (χ3v) is 2.52. The van der Waals surface area contributed by atoms with E-state index >= 15 is 0 Å². The maximum absolute atomic E-state index is 11.5. The van der Waals surface area contributed by atoms with Crippen molar-refractivity contribution in [1.29, 1.82) is 0 Å². The smallest absolute Gasteiger partial charge is 0.350 e. The first-order chi connectivity index (χ1) is 7.61. The molecule has 6 nitrogen and oxygen atoms in total. The van der Waals surface area contributed by atoms with Crippen LogP contribution in [0.25, 0.3) is 5.65 Å². The second-order valence-electron chi connectivity index (χ2n) is 3.90. The maximum Gasteiger partial charge on any atom is 0.350 e. The molecule has 0 aliphatic carbocycles. The third-order valence-electron chi connectivity index (χ3n) is 2.52. The fraction of sp³-hybridized carbons (Fsp3) is 0.500. The van der Waals surface area contributed by atoms with Crippen LogP contribution in [0.3, 0.4) is 0 Å². The van der Waals surface area contributed by atoms with E-state index in [9.17, 15) is 4.79 Å². The highest BCUT2D eigenvalue weighted by molar-refractivity contribution is 5.45. The molecule has 0 aromatic carbocycles. The number of nitrogens with one attached hydrogen (secondary N) is 2. The molecule has 0 spiro atoms. The van der Waals surface area contributed by atoms with Crippen molar-refractivity contribution in [3.8, 4) is 0 Å². The van der Waals surface area contributed by atoms with Gasteiger partial charge in [0.25, 0.3) is 0 Å². The lowest BCUT2D eigenvalue weighted by Crippen LogP contribution is -2.21. The predicted octanol–water partition coefficient (Wildman–Crippen LogP) is 0.936. The molecule has 2 N–H and O–H groups in total. The molecular formula is C10H15N5O. The molecule has 2 aromatic rings. The van der Waals surface area contributed by atoms with Crippen LogP contribution in [0.5, 0.6) is 0 Å². The number of nitrogens with zero attached hydrogens (tertiary/aromatic N) is 3. The number of hydrogen-bond donors (Lipinski definition) is 2. The lowest BCUT2D eigenvalue weighted by atomic mass is 10.3. The number of aromatic amines is 1. The Morgan fingerprint density at radius 3 is 3.06 bits per heavy atom. The Balaban J connectivity index is 2.57. The first-order valence-corrected chi connectivity index (χ1v) is 5.33. The van der Waals surface area contributed by atoms with Crippen molar-refractivity contribution < 1.29 is 0 Å². The van der Waals surface area contributed by atoms with Gasteiger partial charge in [0.2, 0.25) is 5.95 Å². The molecule has 0 amide bonds. The average molecular weight is 221 g/mol. The summed E-state index contributed by atoms with van der Waals surface area (Å²) < 4.78 is 1.44. The van der Waals surface area contributed by atoms with Crippen LogP contribution in [-0.2, 0) is 0 Å². The molecule has 2 aromatic heterocycles.